The number of amidine groups is 1. The average molecular weight is 426 g/mol. The molecule has 1 fully saturated rings. The Kier molecular flexibility index (Phi) is 6.87. The summed E-state index contributed by atoms with van der Waals surface area (Å²) in [7, 11) is 0. The van der Waals surface area contributed by atoms with E-state index in [0.29, 0.717) is 29.4 Å². The fourth-order valence-corrected chi connectivity index (χ4v) is 3.43. The molecule has 1 aliphatic heterocycles. The maximum atomic E-state index is 11.5. The molecule has 1 unspecified atom stereocenters. The van der Waals surface area contributed by atoms with Crippen LogP contribution < -0.4 is 16.8 Å². The largest absolute Gasteiger partial charge is 0.389 e. The van der Waals surface area contributed by atoms with Gasteiger partial charge in [0, 0.05) is 12.1 Å². The number of imidazole rings is 1. The second-order valence-electron chi connectivity index (χ2n) is 8.56. The SMILES string of the molecule is Cc1cc(-c2cnc(C(CC(N)=NC3CCNC3)=NCC(C)(C)O)[nH]2)ccc1C(N)=O. The zero-order chi connectivity index (χ0) is 22.6. The number of aromatic amines is 1. The third-order valence-corrected chi connectivity index (χ3v) is 5.04. The topological polar surface area (TPSA) is 155 Å². The average Bonchev–Trinajstić information content (AvgIpc) is 3.36. The highest BCUT2D eigenvalue weighted by Gasteiger charge is 2.18. The first-order valence-corrected chi connectivity index (χ1v) is 10.4. The van der Waals surface area contributed by atoms with E-state index in [1.165, 1.54) is 0 Å². The molecule has 1 aliphatic rings. The van der Waals surface area contributed by atoms with E-state index in [2.05, 4.69) is 25.3 Å². The van der Waals surface area contributed by atoms with Gasteiger partial charge in [-0.1, -0.05) is 6.07 Å². The van der Waals surface area contributed by atoms with Crippen LogP contribution in [0.15, 0.2) is 34.4 Å². The molecule has 9 heteroatoms. The van der Waals surface area contributed by atoms with Crippen molar-refractivity contribution in [3.8, 4) is 11.3 Å². The first-order chi connectivity index (χ1) is 14.6. The number of hydrogen-bond acceptors (Lipinski definition) is 6. The molecule has 31 heavy (non-hydrogen) atoms. The molecule has 1 aromatic carbocycles. The number of rotatable bonds is 8. The first-order valence-electron chi connectivity index (χ1n) is 10.4. The van der Waals surface area contributed by atoms with Crippen molar-refractivity contribution in [1.29, 1.82) is 0 Å². The lowest BCUT2D eigenvalue weighted by atomic mass is 10.0. The van der Waals surface area contributed by atoms with Crippen LogP contribution in [0, 0.1) is 6.92 Å². The van der Waals surface area contributed by atoms with Crippen molar-refractivity contribution in [2.24, 2.45) is 21.5 Å². The van der Waals surface area contributed by atoms with Crippen molar-refractivity contribution in [3.05, 3.63) is 41.3 Å². The Bertz CT molecular complexity index is 996. The molecular weight excluding hydrogens is 394 g/mol. The van der Waals surface area contributed by atoms with E-state index in [1.54, 1.807) is 26.1 Å². The highest BCUT2D eigenvalue weighted by molar-refractivity contribution is 6.10. The summed E-state index contributed by atoms with van der Waals surface area (Å²) < 4.78 is 0. The standard InChI is InChI=1S/C22H31N7O2/c1-13-8-14(4-5-16(13)20(24)30)18-11-26-21(29-18)17(27-12-22(2,3)31)9-19(23)28-15-6-7-25-10-15/h4-5,8,11,15,25,31H,6-7,9-10,12H2,1-3H3,(H2,23,28)(H2,24,30)(H,26,29). The van der Waals surface area contributed by atoms with Gasteiger partial charge in [0.1, 0.15) is 5.84 Å². The third kappa shape index (κ3) is 6.22. The molecule has 1 atom stereocenters. The molecule has 2 heterocycles. The quantitative estimate of drug-likeness (QED) is 0.317. The highest BCUT2D eigenvalue weighted by Crippen LogP contribution is 2.21. The van der Waals surface area contributed by atoms with Gasteiger partial charge >= 0.3 is 0 Å². The van der Waals surface area contributed by atoms with Crippen LogP contribution in [0.25, 0.3) is 11.3 Å². The number of H-pyrrole nitrogens is 1. The Balaban J connectivity index is 1.87. The third-order valence-electron chi connectivity index (χ3n) is 5.04. The smallest absolute Gasteiger partial charge is 0.248 e. The number of carbonyl (C=O) groups excluding carboxylic acids is 1. The zero-order valence-electron chi connectivity index (χ0n) is 18.3. The van der Waals surface area contributed by atoms with Crippen LogP contribution in [0.2, 0.25) is 0 Å². The van der Waals surface area contributed by atoms with E-state index in [-0.39, 0.29) is 12.6 Å². The second kappa shape index (κ2) is 9.40. The number of nitrogens with one attached hydrogen (secondary N) is 2. The number of amides is 1. The van der Waals surface area contributed by atoms with Crippen molar-refractivity contribution in [1.82, 2.24) is 15.3 Å². The summed E-state index contributed by atoms with van der Waals surface area (Å²) in [4.78, 5) is 28.4. The van der Waals surface area contributed by atoms with Crippen molar-refractivity contribution in [2.45, 2.75) is 45.3 Å². The van der Waals surface area contributed by atoms with Crippen LogP contribution in [-0.4, -0.2) is 63.8 Å². The van der Waals surface area contributed by atoms with E-state index < -0.39 is 11.5 Å². The number of hydrogen-bond donors (Lipinski definition) is 5. The normalized spacial score (nSPS) is 17.9. The molecule has 1 saturated heterocycles. The van der Waals surface area contributed by atoms with E-state index >= 15 is 0 Å². The summed E-state index contributed by atoms with van der Waals surface area (Å²) in [5, 5.41) is 13.4. The number of aliphatic hydroxyl groups is 1. The lowest BCUT2D eigenvalue weighted by molar-refractivity contribution is 0.0903. The highest BCUT2D eigenvalue weighted by atomic mass is 16.3. The molecule has 166 valence electrons. The van der Waals surface area contributed by atoms with Crippen LogP contribution in [0.1, 0.15) is 48.4 Å². The summed E-state index contributed by atoms with van der Waals surface area (Å²) in [6, 6.07) is 5.58. The van der Waals surface area contributed by atoms with E-state index in [1.807, 2.05) is 19.1 Å². The minimum atomic E-state index is -0.955. The molecule has 0 radical (unpaired) electrons. The van der Waals surface area contributed by atoms with Gasteiger partial charge in [0.2, 0.25) is 5.91 Å². The Morgan fingerprint density at radius 1 is 1.35 bits per heavy atom. The molecular formula is C22H31N7O2. The number of nitrogens with two attached hydrogens (primary N) is 2. The summed E-state index contributed by atoms with van der Waals surface area (Å²) in [6.07, 6.45) is 3.00. The van der Waals surface area contributed by atoms with Gasteiger partial charge in [0.15, 0.2) is 5.82 Å². The maximum absolute atomic E-state index is 11.5. The molecule has 3 rings (SSSR count). The summed E-state index contributed by atoms with van der Waals surface area (Å²) >= 11 is 0. The van der Waals surface area contributed by atoms with Gasteiger partial charge in [-0.2, -0.15) is 0 Å². The molecule has 0 spiro atoms. The Labute approximate surface area is 182 Å². The number of aromatic nitrogens is 2. The summed E-state index contributed by atoms with van der Waals surface area (Å²) in [6.45, 7) is 7.22. The number of primary amides is 1. The second-order valence-corrected chi connectivity index (χ2v) is 8.56. The van der Waals surface area contributed by atoms with E-state index in [0.717, 1.165) is 36.3 Å². The van der Waals surface area contributed by atoms with E-state index in [4.69, 9.17) is 11.5 Å². The minimum Gasteiger partial charge on any atom is -0.389 e. The fraction of sp³-hybridized carbons (Fsp3) is 0.455. The Morgan fingerprint density at radius 3 is 2.74 bits per heavy atom. The summed E-state index contributed by atoms with van der Waals surface area (Å²) in [5.74, 6) is 0.601. The van der Waals surface area contributed by atoms with Crippen LogP contribution in [0.4, 0.5) is 0 Å². The monoisotopic (exact) mass is 425 g/mol. The minimum absolute atomic E-state index is 0.175. The lowest BCUT2D eigenvalue weighted by Crippen LogP contribution is -2.26. The Morgan fingerprint density at radius 2 is 2.13 bits per heavy atom. The van der Waals surface area contributed by atoms with Gasteiger partial charge in [0.05, 0.1) is 42.2 Å². The van der Waals surface area contributed by atoms with Gasteiger partial charge in [-0.05, 0) is 57.0 Å². The van der Waals surface area contributed by atoms with Crippen LogP contribution in [-0.2, 0) is 0 Å². The lowest BCUT2D eigenvalue weighted by Gasteiger charge is -2.15. The van der Waals surface area contributed by atoms with Crippen molar-refractivity contribution in [2.75, 3.05) is 19.6 Å². The number of benzene rings is 1. The number of nitrogens with zero attached hydrogens (tertiary/aromatic N) is 3. The van der Waals surface area contributed by atoms with Crippen molar-refractivity contribution < 1.29 is 9.90 Å². The van der Waals surface area contributed by atoms with Crippen LogP contribution in [0.5, 0.6) is 0 Å². The maximum Gasteiger partial charge on any atom is 0.248 e. The predicted octanol–water partition coefficient (Wildman–Crippen LogP) is 1.15. The van der Waals surface area contributed by atoms with Crippen LogP contribution >= 0.6 is 0 Å². The van der Waals surface area contributed by atoms with Gasteiger partial charge in [-0.25, -0.2) is 4.98 Å². The van der Waals surface area contributed by atoms with Crippen molar-refractivity contribution >= 4 is 17.5 Å². The number of carbonyl (C=O) groups is 1. The molecule has 1 aromatic heterocycles. The van der Waals surface area contributed by atoms with Gasteiger partial charge < -0.3 is 26.9 Å². The number of aliphatic imine (C=N–C) groups is 2. The Hall–Kier alpha value is -3.04. The van der Waals surface area contributed by atoms with Crippen molar-refractivity contribution in [3.63, 3.8) is 0 Å². The molecule has 0 saturated carbocycles. The molecule has 2 aromatic rings. The van der Waals surface area contributed by atoms with E-state index in [9.17, 15) is 9.90 Å². The summed E-state index contributed by atoms with van der Waals surface area (Å²) in [5.41, 5.74) is 14.2. The molecule has 0 aliphatic carbocycles. The molecule has 7 N–H and O–H groups in total. The van der Waals surface area contributed by atoms with Gasteiger partial charge in [0.25, 0.3) is 0 Å². The molecule has 9 nitrogen and oxygen atoms in total. The number of aryl methyl sites for hydroxylation is 1. The fourth-order valence-electron chi connectivity index (χ4n) is 3.43. The van der Waals surface area contributed by atoms with Gasteiger partial charge in [-0.15, -0.1) is 0 Å². The predicted molar refractivity (Wildman–Crippen MR) is 122 cm³/mol. The first kappa shape index (κ1) is 22.6. The molecule has 1 amide bonds. The molecule has 0 bridgehead atoms. The zero-order valence-corrected chi connectivity index (χ0v) is 18.3. The van der Waals surface area contributed by atoms with Gasteiger partial charge in [-0.3, -0.25) is 14.8 Å². The van der Waals surface area contributed by atoms with Crippen LogP contribution in [0.3, 0.4) is 0 Å².